The topological polar surface area (TPSA) is 82.1 Å². The van der Waals surface area contributed by atoms with Gasteiger partial charge in [-0.3, -0.25) is 4.79 Å². The van der Waals surface area contributed by atoms with Crippen LogP contribution in [0.15, 0.2) is 49.1 Å². The summed E-state index contributed by atoms with van der Waals surface area (Å²) in [7, 11) is 1.55. The van der Waals surface area contributed by atoms with E-state index in [4.69, 9.17) is 14.2 Å². The molecule has 0 radical (unpaired) electrons. The van der Waals surface area contributed by atoms with Crippen LogP contribution in [0.1, 0.15) is 88.2 Å². The fraction of sp³-hybridized carbons (Fsp3) is 0.636. The summed E-state index contributed by atoms with van der Waals surface area (Å²) in [6, 6.07) is 8.47. The van der Waals surface area contributed by atoms with Gasteiger partial charge in [-0.1, -0.05) is 36.9 Å². The van der Waals surface area contributed by atoms with Crippen molar-refractivity contribution in [2.45, 2.75) is 77.0 Å². The average molecular weight is 541 g/mol. The molecule has 2 aliphatic rings. The van der Waals surface area contributed by atoms with E-state index < -0.39 is 18.0 Å². The predicted octanol–water partition coefficient (Wildman–Crippen LogP) is 6.34. The number of aliphatic hydroxyl groups excluding tert-OH is 1. The van der Waals surface area contributed by atoms with Gasteiger partial charge in [-0.15, -0.1) is 6.58 Å². The largest absolute Gasteiger partial charge is 0.464 e. The number of hydrogen-bond acceptors (Lipinski definition) is 6. The second kappa shape index (κ2) is 14.8. The lowest BCUT2D eigenvalue weighted by molar-refractivity contribution is -0.158. The van der Waals surface area contributed by atoms with Crippen LogP contribution in [0.4, 0.5) is 0 Å². The highest BCUT2D eigenvalue weighted by Crippen LogP contribution is 2.44. The van der Waals surface area contributed by atoms with Crippen molar-refractivity contribution in [1.82, 2.24) is 0 Å². The van der Waals surface area contributed by atoms with Gasteiger partial charge in [0.05, 0.1) is 30.1 Å². The molecule has 2 saturated carbocycles. The summed E-state index contributed by atoms with van der Waals surface area (Å²) >= 11 is 0. The summed E-state index contributed by atoms with van der Waals surface area (Å²) in [4.78, 5) is 24.8. The van der Waals surface area contributed by atoms with Gasteiger partial charge in [-0.2, -0.15) is 0 Å². The van der Waals surface area contributed by atoms with E-state index in [1.54, 1.807) is 21.0 Å². The summed E-state index contributed by atoms with van der Waals surface area (Å²) < 4.78 is 16.2. The third-order valence-electron chi connectivity index (χ3n) is 8.84. The number of aliphatic hydroxyl groups is 1. The Labute approximate surface area is 234 Å². The van der Waals surface area contributed by atoms with Gasteiger partial charge >= 0.3 is 11.9 Å². The number of allylic oxidation sites excluding steroid dienone is 1. The minimum absolute atomic E-state index is 0.00771. The van der Waals surface area contributed by atoms with Crippen LogP contribution < -0.4 is 0 Å². The van der Waals surface area contributed by atoms with Gasteiger partial charge in [0.2, 0.25) is 0 Å². The Bertz CT molecular complexity index is 949. The van der Waals surface area contributed by atoms with Gasteiger partial charge in [0, 0.05) is 7.11 Å². The maximum absolute atomic E-state index is 12.7. The fourth-order valence-electron chi connectivity index (χ4n) is 6.19. The first kappa shape index (κ1) is 31.1. The Morgan fingerprint density at radius 1 is 0.974 bits per heavy atom. The van der Waals surface area contributed by atoms with Crippen molar-refractivity contribution in [3.63, 3.8) is 0 Å². The summed E-state index contributed by atoms with van der Waals surface area (Å²) in [5.74, 6) is 1.67. The number of rotatable bonds is 13. The maximum Gasteiger partial charge on any atom is 0.335 e. The van der Waals surface area contributed by atoms with Crippen molar-refractivity contribution >= 4 is 11.9 Å². The molecular weight excluding hydrogens is 492 g/mol. The van der Waals surface area contributed by atoms with Gasteiger partial charge in [0.15, 0.2) is 0 Å². The summed E-state index contributed by atoms with van der Waals surface area (Å²) in [5.41, 5.74) is 1.49. The molecule has 1 N–H and O–H groups in total. The number of benzene rings is 1. The second-order valence-electron chi connectivity index (χ2n) is 12.2. The molecule has 0 saturated heterocycles. The van der Waals surface area contributed by atoms with Crippen LogP contribution in [0.5, 0.6) is 0 Å². The Balaban J connectivity index is 1.60. The van der Waals surface area contributed by atoms with Crippen molar-refractivity contribution in [3.05, 3.63) is 60.2 Å². The first-order chi connectivity index (χ1) is 18.7. The van der Waals surface area contributed by atoms with E-state index in [0.717, 1.165) is 23.3 Å². The van der Waals surface area contributed by atoms with E-state index in [9.17, 15) is 14.7 Å². The Morgan fingerprint density at radius 2 is 1.54 bits per heavy atom. The van der Waals surface area contributed by atoms with Crippen molar-refractivity contribution < 1.29 is 28.9 Å². The van der Waals surface area contributed by atoms with Crippen molar-refractivity contribution in [3.8, 4) is 0 Å². The van der Waals surface area contributed by atoms with Crippen LogP contribution in [0.3, 0.4) is 0 Å². The number of carbonyl (C=O) groups excluding carboxylic acids is 2. The highest BCUT2D eigenvalue weighted by molar-refractivity contribution is 5.87. The molecular formula is C33H48O6. The van der Waals surface area contributed by atoms with Crippen molar-refractivity contribution in [2.24, 2.45) is 23.2 Å². The number of ether oxygens (including phenoxy) is 3. The van der Waals surface area contributed by atoms with Crippen LogP contribution in [0.25, 0.3) is 0 Å². The molecule has 2 fully saturated rings. The van der Waals surface area contributed by atoms with Crippen LogP contribution in [0, 0.1) is 23.2 Å². The number of methoxy groups -OCH3 is 1. The minimum Gasteiger partial charge on any atom is -0.464 e. The zero-order valence-electron chi connectivity index (χ0n) is 24.2. The molecule has 1 aromatic rings. The standard InChI is InChI=1S/C33H48O6/c1-6-24-7-9-25(10-8-24)26-11-13-27(14-12-26)28-15-17-29(18-16-28)30(20-38-31(35)23(2)19-34)21-39-32(36)33(3,4)22-37-5/h6,15-18,24-27,30,34H,1-2,7-14,19-22H2,3-5H3. The van der Waals surface area contributed by atoms with E-state index in [-0.39, 0.29) is 37.3 Å². The number of hydrogen-bond donors (Lipinski definition) is 1. The smallest absolute Gasteiger partial charge is 0.335 e. The highest BCUT2D eigenvalue weighted by Gasteiger charge is 2.32. The number of carbonyl (C=O) groups is 2. The molecule has 0 aliphatic heterocycles. The lowest BCUT2D eigenvalue weighted by Crippen LogP contribution is -2.32. The molecule has 0 spiro atoms. The van der Waals surface area contributed by atoms with Crippen molar-refractivity contribution in [2.75, 3.05) is 33.5 Å². The summed E-state index contributed by atoms with van der Waals surface area (Å²) in [6.07, 6.45) is 12.5. The first-order valence-corrected chi connectivity index (χ1v) is 14.5. The summed E-state index contributed by atoms with van der Waals surface area (Å²) in [5, 5.41) is 9.18. The Hall–Kier alpha value is -2.44. The quantitative estimate of drug-likeness (QED) is 0.179. The third-order valence-corrected chi connectivity index (χ3v) is 8.84. The van der Waals surface area contributed by atoms with E-state index >= 15 is 0 Å². The van der Waals surface area contributed by atoms with Crippen LogP contribution >= 0.6 is 0 Å². The molecule has 1 atom stereocenters. The molecule has 216 valence electrons. The van der Waals surface area contributed by atoms with Crippen molar-refractivity contribution in [1.29, 1.82) is 0 Å². The molecule has 1 aromatic carbocycles. The molecule has 2 aliphatic carbocycles. The molecule has 0 amide bonds. The van der Waals surface area contributed by atoms with Gasteiger partial charge in [-0.25, -0.2) is 4.79 Å². The fourth-order valence-corrected chi connectivity index (χ4v) is 6.19. The summed E-state index contributed by atoms with van der Waals surface area (Å²) in [6.45, 7) is 10.9. The Morgan fingerprint density at radius 3 is 2.08 bits per heavy atom. The van der Waals surface area contributed by atoms with E-state index in [0.29, 0.717) is 5.92 Å². The monoisotopic (exact) mass is 540 g/mol. The average Bonchev–Trinajstić information content (AvgIpc) is 2.96. The third kappa shape index (κ3) is 8.77. The molecule has 3 rings (SSSR count). The van der Waals surface area contributed by atoms with E-state index in [1.807, 2.05) is 0 Å². The van der Waals surface area contributed by atoms with Crippen LogP contribution in [0.2, 0.25) is 0 Å². The second-order valence-corrected chi connectivity index (χ2v) is 12.2. The zero-order valence-corrected chi connectivity index (χ0v) is 24.2. The number of esters is 2. The highest BCUT2D eigenvalue weighted by atomic mass is 16.6. The molecule has 0 bridgehead atoms. The molecule has 39 heavy (non-hydrogen) atoms. The van der Waals surface area contributed by atoms with Gasteiger partial charge in [0.1, 0.15) is 13.2 Å². The zero-order chi connectivity index (χ0) is 28.4. The normalized spacial score (nSPS) is 24.4. The maximum atomic E-state index is 12.7. The SMILES string of the molecule is C=CC1CCC(C2CCC(c3ccc(C(COC(=O)C(=C)CO)COC(=O)C(C)(C)COC)cc3)CC2)CC1. The van der Waals surface area contributed by atoms with Crippen LogP contribution in [-0.4, -0.2) is 50.6 Å². The van der Waals surface area contributed by atoms with E-state index in [1.165, 1.54) is 56.9 Å². The molecule has 0 aromatic heterocycles. The predicted molar refractivity (Wildman–Crippen MR) is 153 cm³/mol. The molecule has 1 unspecified atom stereocenters. The molecule has 6 heteroatoms. The van der Waals surface area contributed by atoms with E-state index in [2.05, 4.69) is 43.5 Å². The Kier molecular flexibility index (Phi) is 11.8. The van der Waals surface area contributed by atoms with Crippen LogP contribution in [-0.2, 0) is 23.8 Å². The first-order valence-electron chi connectivity index (χ1n) is 14.5. The minimum atomic E-state index is -0.783. The lowest BCUT2D eigenvalue weighted by atomic mass is 9.68. The molecule has 0 heterocycles. The van der Waals surface area contributed by atoms with Gasteiger partial charge < -0.3 is 19.3 Å². The molecule has 6 nitrogen and oxygen atoms in total. The van der Waals surface area contributed by atoms with Gasteiger partial charge in [0.25, 0.3) is 0 Å². The van der Waals surface area contributed by atoms with Gasteiger partial charge in [-0.05, 0) is 100 Å². The lowest BCUT2D eigenvalue weighted by Gasteiger charge is -2.37.